The van der Waals surface area contributed by atoms with Crippen molar-refractivity contribution >= 4 is 44.8 Å². The van der Waals surface area contributed by atoms with Crippen molar-refractivity contribution in [1.82, 2.24) is 9.97 Å². The number of carbonyl (C=O) groups excluding carboxylic acids is 1. The lowest BCUT2D eigenvalue weighted by Gasteiger charge is -2.09. The van der Waals surface area contributed by atoms with Gasteiger partial charge in [-0.05, 0) is 55.6 Å². The number of nitrogens with zero attached hydrogens (tertiary/aromatic N) is 2. The van der Waals surface area contributed by atoms with Crippen LogP contribution in [0, 0.1) is 13.8 Å². The summed E-state index contributed by atoms with van der Waals surface area (Å²) in [4.78, 5) is 21.2. The van der Waals surface area contributed by atoms with Crippen LogP contribution in [0.3, 0.4) is 0 Å². The van der Waals surface area contributed by atoms with E-state index in [0.717, 1.165) is 4.88 Å². The summed E-state index contributed by atoms with van der Waals surface area (Å²) in [7, 11) is -3.80. The maximum atomic E-state index is 12.5. The average Bonchev–Trinajstić information content (AvgIpc) is 3.13. The van der Waals surface area contributed by atoms with Crippen LogP contribution >= 0.6 is 11.3 Å². The van der Waals surface area contributed by atoms with Crippen molar-refractivity contribution in [2.75, 3.05) is 10.0 Å². The standard InChI is InChI=1S/C19H18N4O3S2/c1-13-12-18(21-14(2)20-13)23-28(25,26)17-8-5-15(6-9-17)22-19(24)10-7-16-4-3-11-27-16/h3-12H,1-2H3,(H,22,24)(H,20,21,23). The van der Waals surface area contributed by atoms with Gasteiger partial charge in [0, 0.05) is 28.4 Å². The van der Waals surface area contributed by atoms with Crippen LogP contribution in [-0.2, 0) is 14.8 Å². The smallest absolute Gasteiger partial charge is 0.263 e. The van der Waals surface area contributed by atoms with Gasteiger partial charge in [-0.3, -0.25) is 9.52 Å². The van der Waals surface area contributed by atoms with E-state index in [-0.39, 0.29) is 16.6 Å². The summed E-state index contributed by atoms with van der Waals surface area (Å²) < 4.78 is 27.5. The summed E-state index contributed by atoms with van der Waals surface area (Å²) in [5.41, 5.74) is 1.16. The molecule has 28 heavy (non-hydrogen) atoms. The molecule has 1 aromatic carbocycles. The lowest BCUT2D eigenvalue weighted by Crippen LogP contribution is -2.15. The molecule has 2 heterocycles. The van der Waals surface area contributed by atoms with Crippen LogP contribution in [0.5, 0.6) is 0 Å². The van der Waals surface area contributed by atoms with Gasteiger partial charge in [0.1, 0.15) is 11.6 Å². The largest absolute Gasteiger partial charge is 0.323 e. The average molecular weight is 415 g/mol. The second-order valence-corrected chi connectivity index (χ2v) is 8.57. The zero-order valence-electron chi connectivity index (χ0n) is 15.2. The van der Waals surface area contributed by atoms with Crippen molar-refractivity contribution in [1.29, 1.82) is 0 Å². The number of carbonyl (C=O) groups is 1. The van der Waals surface area contributed by atoms with Gasteiger partial charge in [-0.2, -0.15) is 0 Å². The Hall–Kier alpha value is -3.04. The molecule has 0 atom stereocenters. The van der Waals surface area contributed by atoms with Crippen molar-refractivity contribution in [3.63, 3.8) is 0 Å². The lowest BCUT2D eigenvalue weighted by molar-refractivity contribution is -0.111. The number of hydrogen-bond acceptors (Lipinski definition) is 6. The number of thiophene rings is 1. The number of nitrogens with one attached hydrogen (secondary N) is 2. The second-order valence-electron chi connectivity index (χ2n) is 5.91. The van der Waals surface area contributed by atoms with Gasteiger partial charge in [-0.15, -0.1) is 11.3 Å². The van der Waals surface area contributed by atoms with Gasteiger partial charge >= 0.3 is 0 Å². The first-order valence-corrected chi connectivity index (χ1v) is 10.7. The highest BCUT2D eigenvalue weighted by Crippen LogP contribution is 2.18. The fraction of sp³-hybridized carbons (Fsp3) is 0.105. The Labute approximate surface area is 167 Å². The van der Waals surface area contributed by atoms with Crippen molar-refractivity contribution in [2.45, 2.75) is 18.7 Å². The summed E-state index contributed by atoms with van der Waals surface area (Å²) in [6.45, 7) is 3.45. The first-order valence-electron chi connectivity index (χ1n) is 8.29. The summed E-state index contributed by atoms with van der Waals surface area (Å²) in [6.07, 6.45) is 3.15. The van der Waals surface area contributed by atoms with Gasteiger partial charge < -0.3 is 5.32 Å². The van der Waals surface area contributed by atoms with E-state index >= 15 is 0 Å². The van der Waals surface area contributed by atoms with Crippen molar-refractivity contribution in [3.05, 3.63) is 70.3 Å². The summed E-state index contributed by atoms with van der Waals surface area (Å²) in [5, 5.41) is 4.62. The summed E-state index contributed by atoms with van der Waals surface area (Å²) >= 11 is 1.53. The molecule has 3 rings (SSSR count). The number of hydrogen-bond donors (Lipinski definition) is 2. The number of aromatic nitrogens is 2. The summed E-state index contributed by atoms with van der Waals surface area (Å²) in [6, 6.07) is 11.3. The molecule has 0 bridgehead atoms. The number of aryl methyl sites for hydroxylation is 2. The molecule has 7 nitrogen and oxygen atoms in total. The van der Waals surface area contributed by atoms with E-state index in [9.17, 15) is 13.2 Å². The highest BCUT2D eigenvalue weighted by molar-refractivity contribution is 7.92. The lowest BCUT2D eigenvalue weighted by atomic mass is 10.3. The van der Waals surface area contributed by atoms with Gasteiger partial charge in [0.15, 0.2) is 0 Å². The predicted octanol–water partition coefficient (Wildman–Crippen LogP) is 3.61. The third kappa shape index (κ3) is 5.24. The van der Waals surface area contributed by atoms with Crippen LogP contribution in [0.15, 0.2) is 58.8 Å². The molecule has 0 spiro atoms. The molecule has 3 aromatic rings. The number of benzene rings is 1. The van der Waals surface area contributed by atoms with Crippen LogP contribution in [0.4, 0.5) is 11.5 Å². The monoisotopic (exact) mass is 414 g/mol. The molecule has 0 unspecified atom stereocenters. The predicted molar refractivity (Wildman–Crippen MR) is 111 cm³/mol. The Morgan fingerprint density at radius 1 is 1.11 bits per heavy atom. The fourth-order valence-corrected chi connectivity index (χ4v) is 4.02. The molecule has 9 heteroatoms. The molecule has 0 aliphatic heterocycles. The third-order valence-corrected chi connectivity index (χ3v) is 5.79. The quantitative estimate of drug-likeness (QED) is 0.600. The van der Waals surface area contributed by atoms with Crippen molar-refractivity contribution in [3.8, 4) is 0 Å². The minimum atomic E-state index is -3.80. The zero-order valence-corrected chi connectivity index (χ0v) is 16.8. The molecule has 0 saturated carbocycles. The van der Waals surface area contributed by atoms with Gasteiger partial charge in [-0.25, -0.2) is 18.4 Å². The molecule has 0 aliphatic carbocycles. The summed E-state index contributed by atoms with van der Waals surface area (Å²) in [5.74, 6) is 0.390. The fourth-order valence-electron chi connectivity index (χ4n) is 2.41. The number of rotatable bonds is 6. The van der Waals surface area contributed by atoms with E-state index in [2.05, 4.69) is 20.0 Å². The Morgan fingerprint density at radius 3 is 2.50 bits per heavy atom. The Morgan fingerprint density at radius 2 is 1.86 bits per heavy atom. The van der Waals surface area contributed by atoms with Crippen LogP contribution in [0.25, 0.3) is 6.08 Å². The maximum absolute atomic E-state index is 12.5. The zero-order chi connectivity index (χ0) is 20.1. The maximum Gasteiger partial charge on any atom is 0.263 e. The van der Waals surface area contributed by atoms with E-state index < -0.39 is 10.0 Å². The van der Waals surface area contributed by atoms with E-state index in [1.165, 1.54) is 41.7 Å². The highest BCUT2D eigenvalue weighted by Gasteiger charge is 2.15. The Balaban J connectivity index is 1.68. The Kier molecular flexibility index (Phi) is 5.86. The molecule has 1 amide bonds. The third-order valence-electron chi connectivity index (χ3n) is 3.58. The molecule has 2 aromatic heterocycles. The molecule has 2 N–H and O–H groups in total. The minimum Gasteiger partial charge on any atom is -0.323 e. The molecule has 0 fully saturated rings. The Bertz CT molecular complexity index is 1090. The van der Waals surface area contributed by atoms with E-state index in [0.29, 0.717) is 17.2 Å². The van der Waals surface area contributed by atoms with Crippen molar-refractivity contribution in [2.24, 2.45) is 0 Å². The molecular formula is C19H18N4O3S2. The van der Waals surface area contributed by atoms with Gasteiger partial charge in [0.2, 0.25) is 5.91 Å². The molecular weight excluding hydrogens is 396 g/mol. The molecule has 0 radical (unpaired) electrons. The number of amides is 1. The number of anilines is 2. The van der Waals surface area contributed by atoms with Crippen LogP contribution < -0.4 is 10.0 Å². The second kappa shape index (κ2) is 8.32. The normalized spacial score (nSPS) is 11.5. The molecule has 0 aliphatic rings. The first-order chi connectivity index (χ1) is 13.3. The van der Waals surface area contributed by atoms with E-state index in [1.54, 1.807) is 26.0 Å². The van der Waals surface area contributed by atoms with Crippen LogP contribution in [0.2, 0.25) is 0 Å². The van der Waals surface area contributed by atoms with E-state index in [1.807, 2.05) is 17.5 Å². The van der Waals surface area contributed by atoms with Gasteiger partial charge in [-0.1, -0.05) is 6.07 Å². The van der Waals surface area contributed by atoms with Crippen LogP contribution in [-0.4, -0.2) is 24.3 Å². The van der Waals surface area contributed by atoms with Crippen molar-refractivity contribution < 1.29 is 13.2 Å². The SMILES string of the molecule is Cc1cc(NS(=O)(=O)c2ccc(NC(=O)C=Cc3cccs3)cc2)nc(C)n1. The topological polar surface area (TPSA) is 101 Å². The first kappa shape index (κ1) is 19.7. The minimum absolute atomic E-state index is 0.0635. The number of sulfonamides is 1. The van der Waals surface area contributed by atoms with Gasteiger partial charge in [0.25, 0.3) is 10.0 Å². The molecule has 0 saturated heterocycles. The highest BCUT2D eigenvalue weighted by atomic mass is 32.2. The van der Waals surface area contributed by atoms with Crippen LogP contribution in [0.1, 0.15) is 16.4 Å². The van der Waals surface area contributed by atoms with Gasteiger partial charge in [0.05, 0.1) is 4.90 Å². The van der Waals surface area contributed by atoms with E-state index in [4.69, 9.17) is 0 Å². The molecule has 144 valence electrons.